The van der Waals surface area contributed by atoms with Gasteiger partial charge in [0.15, 0.2) is 6.20 Å². The zero-order valence-corrected chi connectivity index (χ0v) is 7.58. The van der Waals surface area contributed by atoms with E-state index >= 15 is 0 Å². The van der Waals surface area contributed by atoms with E-state index in [2.05, 4.69) is 0 Å². The number of aromatic nitrogens is 1. The lowest BCUT2D eigenvalue weighted by atomic mass is 10.1. The van der Waals surface area contributed by atoms with Crippen molar-refractivity contribution < 1.29 is 9.84 Å². The first-order valence-corrected chi connectivity index (χ1v) is 4.06. The third kappa shape index (κ3) is 2.68. The molecule has 0 atom stereocenters. The third-order valence-electron chi connectivity index (χ3n) is 1.55. The van der Waals surface area contributed by atoms with Crippen LogP contribution < -0.4 is 4.73 Å². The van der Waals surface area contributed by atoms with Gasteiger partial charge < -0.3 is 15.7 Å². The maximum Gasteiger partial charge on any atom is 0.286 e. The summed E-state index contributed by atoms with van der Waals surface area (Å²) in [6.07, 6.45) is 1.60. The molecule has 0 aromatic carbocycles. The Balaban J connectivity index is 2.79. The maximum atomic E-state index is 10.8. The number of hydrogen-bond acceptors (Lipinski definition) is 3. The second-order valence-electron chi connectivity index (χ2n) is 2.62. The smallest absolute Gasteiger partial charge is 0.286 e. The van der Waals surface area contributed by atoms with E-state index in [1.54, 1.807) is 6.07 Å². The molecule has 1 heterocycles. The van der Waals surface area contributed by atoms with E-state index in [-0.39, 0.29) is 17.5 Å². The lowest BCUT2D eigenvalue weighted by Gasteiger charge is -2.02. The van der Waals surface area contributed by atoms with Gasteiger partial charge in [-0.2, -0.15) is 4.73 Å². The SMILES string of the molecule is N=C(CO)Cc1cc[n+]([O-])c(Cl)c1. The zero-order valence-electron chi connectivity index (χ0n) is 6.83. The molecule has 4 nitrogen and oxygen atoms in total. The van der Waals surface area contributed by atoms with Gasteiger partial charge in [0.25, 0.3) is 5.15 Å². The van der Waals surface area contributed by atoms with Crippen LogP contribution in [0.5, 0.6) is 0 Å². The molecule has 1 rings (SSSR count). The third-order valence-corrected chi connectivity index (χ3v) is 1.82. The molecule has 0 aliphatic rings. The van der Waals surface area contributed by atoms with Crippen LogP contribution in [0.15, 0.2) is 18.3 Å². The van der Waals surface area contributed by atoms with E-state index < -0.39 is 0 Å². The van der Waals surface area contributed by atoms with Crippen molar-refractivity contribution >= 4 is 17.3 Å². The molecule has 0 bridgehead atoms. The van der Waals surface area contributed by atoms with Gasteiger partial charge in [-0.15, -0.1) is 0 Å². The highest BCUT2D eigenvalue weighted by atomic mass is 35.5. The fourth-order valence-corrected chi connectivity index (χ4v) is 1.11. The second-order valence-corrected chi connectivity index (χ2v) is 3.01. The quantitative estimate of drug-likeness (QED) is 0.323. The van der Waals surface area contributed by atoms with Crippen molar-refractivity contribution in [1.82, 2.24) is 0 Å². The average Bonchev–Trinajstić information content (AvgIpc) is 2.11. The minimum atomic E-state index is -0.274. The van der Waals surface area contributed by atoms with Crippen LogP contribution in [-0.2, 0) is 6.42 Å². The molecule has 2 N–H and O–H groups in total. The summed E-state index contributed by atoms with van der Waals surface area (Å²) in [7, 11) is 0. The van der Waals surface area contributed by atoms with E-state index in [9.17, 15) is 5.21 Å². The summed E-state index contributed by atoms with van der Waals surface area (Å²) in [5.41, 5.74) is 0.941. The standard InChI is InChI=1S/C8H9ClN2O2/c9-8-4-6(1-2-11(8)13)3-7(10)5-12/h1-2,4,10,12H,3,5H2. The molecule has 0 fully saturated rings. The van der Waals surface area contributed by atoms with Crippen molar-refractivity contribution in [3.05, 3.63) is 34.3 Å². The molecule has 70 valence electrons. The summed E-state index contributed by atoms with van der Waals surface area (Å²) in [5.74, 6) is 0. The molecule has 0 aliphatic carbocycles. The Kier molecular flexibility index (Phi) is 3.22. The Labute approximate surface area is 80.5 Å². The Hall–Kier alpha value is -1.13. The number of aliphatic hydroxyl groups excluding tert-OH is 1. The number of halogens is 1. The van der Waals surface area contributed by atoms with Gasteiger partial charge in [-0.3, -0.25) is 0 Å². The van der Waals surface area contributed by atoms with Gasteiger partial charge in [-0.1, -0.05) is 0 Å². The molecule has 1 aromatic heterocycles. The van der Waals surface area contributed by atoms with Crippen molar-refractivity contribution in [1.29, 1.82) is 5.41 Å². The molecule has 0 saturated carbocycles. The van der Waals surface area contributed by atoms with Crippen LogP contribution >= 0.6 is 11.6 Å². The number of pyridine rings is 1. The fourth-order valence-electron chi connectivity index (χ4n) is 0.912. The van der Waals surface area contributed by atoms with E-state index in [0.29, 0.717) is 11.2 Å². The largest absolute Gasteiger partial charge is 0.618 e. The van der Waals surface area contributed by atoms with E-state index in [4.69, 9.17) is 22.1 Å². The highest BCUT2D eigenvalue weighted by Gasteiger charge is 2.04. The Morgan fingerprint density at radius 1 is 1.69 bits per heavy atom. The van der Waals surface area contributed by atoms with Crippen LogP contribution in [0.4, 0.5) is 0 Å². The first-order valence-electron chi connectivity index (χ1n) is 3.68. The van der Waals surface area contributed by atoms with Crippen LogP contribution in [0.3, 0.4) is 0 Å². The van der Waals surface area contributed by atoms with Crippen molar-refractivity contribution in [2.24, 2.45) is 0 Å². The molecule has 5 heteroatoms. The van der Waals surface area contributed by atoms with Crippen molar-refractivity contribution in [3.63, 3.8) is 0 Å². The van der Waals surface area contributed by atoms with Gasteiger partial charge >= 0.3 is 0 Å². The highest BCUT2D eigenvalue weighted by molar-refractivity contribution is 6.28. The van der Waals surface area contributed by atoms with Crippen LogP contribution in [0.25, 0.3) is 0 Å². The van der Waals surface area contributed by atoms with Crippen LogP contribution in [0, 0.1) is 10.6 Å². The summed E-state index contributed by atoms with van der Waals surface area (Å²) >= 11 is 5.56. The van der Waals surface area contributed by atoms with E-state index in [0.717, 1.165) is 5.56 Å². The monoisotopic (exact) mass is 200 g/mol. The van der Waals surface area contributed by atoms with Gasteiger partial charge in [0, 0.05) is 24.3 Å². The van der Waals surface area contributed by atoms with Crippen LogP contribution in [-0.4, -0.2) is 17.4 Å². The van der Waals surface area contributed by atoms with Crippen LogP contribution in [0.2, 0.25) is 5.15 Å². The maximum absolute atomic E-state index is 10.8. The normalized spacial score (nSPS) is 10.0. The predicted octanol–water partition coefficient (Wildman–Crippen LogP) is 0.528. The number of aliphatic hydroxyl groups is 1. The Morgan fingerprint density at radius 3 is 2.92 bits per heavy atom. The molecule has 1 aromatic rings. The molecule has 0 saturated heterocycles. The van der Waals surface area contributed by atoms with Crippen LogP contribution in [0.1, 0.15) is 5.56 Å². The summed E-state index contributed by atoms with van der Waals surface area (Å²) < 4.78 is 0.535. The van der Waals surface area contributed by atoms with E-state index in [1.165, 1.54) is 12.3 Å². The number of rotatable bonds is 3. The Morgan fingerprint density at radius 2 is 2.38 bits per heavy atom. The van der Waals surface area contributed by atoms with Crippen molar-refractivity contribution in [2.45, 2.75) is 6.42 Å². The molecule has 13 heavy (non-hydrogen) atoms. The first kappa shape index (κ1) is 9.95. The minimum Gasteiger partial charge on any atom is -0.618 e. The Bertz CT molecular complexity index is 328. The van der Waals surface area contributed by atoms with E-state index in [1.807, 2.05) is 0 Å². The summed E-state index contributed by atoms with van der Waals surface area (Å²) in [6.45, 7) is -0.274. The average molecular weight is 201 g/mol. The molecule has 0 spiro atoms. The molecular formula is C8H9ClN2O2. The number of nitrogens with one attached hydrogen (secondary N) is 1. The topological polar surface area (TPSA) is 71.0 Å². The predicted molar refractivity (Wildman–Crippen MR) is 48.9 cm³/mol. The van der Waals surface area contributed by atoms with Gasteiger partial charge in [0.1, 0.15) is 0 Å². The lowest BCUT2D eigenvalue weighted by Crippen LogP contribution is -2.26. The summed E-state index contributed by atoms with van der Waals surface area (Å²) in [4.78, 5) is 0. The summed E-state index contributed by atoms with van der Waals surface area (Å²) in [6, 6.07) is 3.06. The molecule has 0 amide bonds. The number of hydrogen-bond donors (Lipinski definition) is 2. The molecular weight excluding hydrogens is 192 g/mol. The summed E-state index contributed by atoms with van der Waals surface area (Å²) in [5, 5.41) is 26.7. The van der Waals surface area contributed by atoms with Crippen molar-refractivity contribution in [2.75, 3.05) is 6.61 Å². The second kappa shape index (κ2) is 4.20. The number of nitrogens with zero attached hydrogens (tertiary/aromatic N) is 1. The lowest BCUT2D eigenvalue weighted by molar-refractivity contribution is -0.603. The molecule has 0 unspecified atom stereocenters. The highest BCUT2D eigenvalue weighted by Crippen LogP contribution is 2.06. The van der Waals surface area contributed by atoms with Gasteiger partial charge in [-0.05, 0) is 17.2 Å². The van der Waals surface area contributed by atoms with Gasteiger partial charge in [-0.25, -0.2) is 0 Å². The van der Waals surface area contributed by atoms with Gasteiger partial charge in [0.05, 0.1) is 6.61 Å². The molecule has 0 aliphatic heterocycles. The minimum absolute atomic E-state index is 0.0724. The first-order chi connectivity index (χ1) is 6.13. The van der Waals surface area contributed by atoms with Crippen molar-refractivity contribution in [3.8, 4) is 0 Å². The molecule has 0 radical (unpaired) electrons. The zero-order chi connectivity index (χ0) is 9.84. The van der Waals surface area contributed by atoms with Gasteiger partial charge in [0.2, 0.25) is 0 Å². The fraction of sp³-hybridized carbons (Fsp3) is 0.250.